The van der Waals surface area contributed by atoms with Crippen LogP contribution in [0.3, 0.4) is 0 Å². The third-order valence-corrected chi connectivity index (χ3v) is 3.52. The second-order valence-electron chi connectivity index (χ2n) is 4.68. The molecule has 0 atom stereocenters. The summed E-state index contributed by atoms with van der Waals surface area (Å²) in [7, 11) is 4.90. The van der Waals surface area contributed by atoms with Crippen LogP contribution in [0.2, 0.25) is 0 Å². The molecule has 0 aromatic heterocycles. The standard InChI is InChI=1S/C16H16O8/c1-21-10-6-7-9(17)5-8(15(19)23-3)12(16(20)24-4)11(7)13(18)14(10)22-2/h5-6,17-18H,1-4H3. The second kappa shape index (κ2) is 6.53. The Morgan fingerprint density at radius 3 is 2.04 bits per heavy atom. The fourth-order valence-electron chi connectivity index (χ4n) is 2.44. The van der Waals surface area contributed by atoms with Gasteiger partial charge in [-0.15, -0.1) is 0 Å². The molecule has 24 heavy (non-hydrogen) atoms. The van der Waals surface area contributed by atoms with Crippen LogP contribution in [0.1, 0.15) is 20.7 Å². The largest absolute Gasteiger partial charge is 0.507 e. The van der Waals surface area contributed by atoms with Crippen LogP contribution in [0.25, 0.3) is 10.8 Å². The molecule has 128 valence electrons. The van der Waals surface area contributed by atoms with Crippen molar-refractivity contribution in [2.75, 3.05) is 28.4 Å². The van der Waals surface area contributed by atoms with Crippen molar-refractivity contribution in [3.05, 3.63) is 23.3 Å². The van der Waals surface area contributed by atoms with E-state index in [-0.39, 0.29) is 39.1 Å². The van der Waals surface area contributed by atoms with Crippen molar-refractivity contribution in [3.8, 4) is 23.0 Å². The molecule has 0 heterocycles. The molecule has 8 heteroatoms. The van der Waals surface area contributed by atoms with Gasteiger partial charge in [-0.3, -0.25) is 0 Å². The maximum Gasteiger partial charge on any atom is 0.339 e. The molecule has 0 aliphatic rings. The lowest BCUT2D eigenvalue weighted by atomic mass is 9.96. The molecule has 0 saturated carbocycles. The number of esters is 2. The Morgan fingerprint density at radius 2 is 1.54 bits per heavy atom. The summed E-state index contributed by atoms with van der Waals surface area (Å²) < 4.78 is 19.5. The molecule has 0 bridgehead atoms. The van der Waals surface area contributed by atoms with E-state index < -0.39 is 17.7 Å². The molecule has 0 unspecified atom stereocenters. The number of methoxy groups -OCH3 is 4. The van der Waals surface area contributed by atoms with Gasteiger partial charge in [0.2, 0.25) is 5.75 Å². The highest BCUT2D eigenvalue weighted by Crippen LogP contribution is 2.47. The number of phenols is 2. The minimum Gasteiger partial charge on any atom is -0.507 e. The van der Waals surface area contributed by atoms with E-state index in [9.17, 15) is 19.8 Å². The molecule has 0 radical (unpaired) electrons. The Kier molecular flexibility index (Phi) is 4.68. The molecule has 0 fully saturated rings. The average Bonchev–Trinajstić information content (AvgIpc) is 2.60. The Bertz CT molecular complexity index is 825. The lowest BCUT2D eigenvalue weighted by molar-refractivity contribution is 0.0556. The van der Waals surface area contributed by atoms with Crippen molar-refractivity contribution < 1.29 is 38.7 Å². The maximum atomic E-state index is 12.2. The van der Waals surface area contributed by atoms with Gasteiger partial charge in [0, 0.05) is 10.8 Å². The maximum absolute atomic E-state index is 12.2. The van der Waals surface area contributed by atoms with Crippen LogP contribution >= 0.6 is 0 Å². The van der Waals surface area contributed by atoms with E-state index in [1.165, 1.54) is 20.3 Å². The average molecular weight is 336 g/mol. The van der Waals surface area contributed by atoms with E-state index in [2.05, 4.69) is 4.74 Å². The summed E-state index contributed by atoms with van der Waals surface area (Å²) in [6, 6.07) is 2.43. The summed E-state index contributed by atoms with van der Waals surface area (Å²) in [5.74, 6) is -2.51. The number of benzene rings is 2. The fourth-order valence-corrected chi connectivity index (χ4v) is 2.44. The summed E-state index contributed by atoms with van der Waals surface area (Å²) in [6.07, 6.45) is 0. The number of rotatable bonds is 4. The lowest BCUT2D eigenvalue weighted by Gasteiger charge is -2.16. The number of hydrogen-bond donors (Lipinski definition) is 2. The highest BCUT2D eigenvalue weighted by molar-refractivity contribution is 6.16. The molecule has 0 aliphatic carbocycles. The van der Waals surface area contributed by atoms with E-state index in [4.69, 9.17) is 14.2 Å². The van der Waals surface area contributed by atoms with E-state index in [1.54, 1.807) is 0 Å². The van der Waals surface area contributed by atoms with Gasteiger partial charge in [-0.2, -0.15) is 0 Å². The third-order valence-electron chi connectivity index (χ3n) is 3.52. The van der Waals surface area contributed by atoms with Gasteiger partial charge < -0.3 is 29.2 Å². The summed E-state index contributed by atoms with van der Waals surface area (Å²) >= 11 is 0. The summed E-state index contributed by atoms with van der Waals surface area (Å²) in [5.41, 5.74) is -0.507. The van der Waals surface area contributed by atoms with Crippen molar-refractivity contribution in [2.24, 2.45) is 0 Å². The molecule has 2 rings (SSSR count). The molecular weight excluding hydrogens is 320 g/mol. The first-order valence-corrected chi connectivity index (χ1v) is 6.71. The zero-order chi connectivity index (χ0) is 18.0. The van der Waals surface area contributed by atoms with Crippen LogP contribution in [0, 0.1) is 0 Å². The van der Waals surface area contributed by atoms with E-state index >= 15 is 0 Å². The number of hydrogen-bond acceptors (Lipinski definition) is 8. The molecule has 0 spiro atoms. The van der Waals surface area contributed by atoms with Crippen LogP contribution < -0.4 is 9.47 Å². The molecular formula is C16H16O8. The van der Waals surface area contributed by atoms with Crippen molar-refractivity contribution in [2.45, 2.75) is 0 Å². The number of phenolic OH excluding ortho intramolecular Hbond substituents is 2. The van der Waals surface area contributed by atoms with Gasteiger partial charge in [-0.25, -0.2) is 9.59 Å². The summed E-state index contributed by atoms with van der Waals surface area (Å²) in [4.78, 5) is 24.2. The van der Waals surface area contributed by atoms with Crippen molar-refractivity contribution in [1.82, 2.24) is 0 Å². The lowest BCUT2D eigenvalue weighted by Crippen LogP contribution is -2.13. The highest BCUT2D eigenvalue weighted by Gasteiger charge is 2.28. The first-order valence-electron chi connectivity index (χ1n) is 6.71. The molecule has 0 saturated heterocycles. The molecule has 2 aromatic rings. The highest BCUT2D eigenvalue weighted by atomic mass is 16.5. The van der Waals surface area contributed by atoms with Crippen molar-refractivity contribution in [3.63, 3.8) is 0 Å². The smallest absolute Gasteiger partial charge is 0.339 e. The normalized spacial score (nSPS) is 10.3. The second-order valence-corrected chi connectivity index (χ2v) is 4.68. The van der Waals surface area contributed by atoms with Crippen LogP contribution in [-0.2, 0) is 9.47 Å². The molecule has 2 N–H and O–H groups in total. The van der Waals surface area contributed by atoms with Crippen LogP contribution in [-0.4, -0.2) is 50.6 Å². The van der Waals surface area contributed by atoms with Gasteiger partial charge in [-0.1, -0.05) is 0 Å². The predicted molar refractivity (Wildman–Crippen MR) is 83.1 cm³/mol. The topological polar surface area (TPSA) is 112 Å². The van der Waals surface area contributed by atoms with Gasteiger partial charge in [0.1, 0.15) is 5.75 Å². The quantitative estimate of drug-likeness (QED) is 0.814. The van der Waals surface area contributed by atoms with Gasteiger partial charge in [0.25, 0.3) is 0 Å². The van der Waals surface area contributed by atoms with Gasteiger partial charge in [0.15, 0.2) is 11.5 Å². The Morgan fingerprint density at radius 1 is 0.917 bits per heavy atom. The first-order chi connectivity index (χ1) is 11.4. The zero-order valence-electron chi connectivity index (χ0n) is 13.5. The van der Waals surface area contributed by atoms with E-state index in [1.807, 2.05) is 0 Å². The molecule has 0 aliphatic heterocycles. The third kappa shape index (κ3) is 2.51. The van der Waals surface area contributed by atoms with E-state index in [0.717, 1.165) is 20.3 Å². The van der Waals surface area contributed by atoms with Gasteiger partial charge in [-0.05, 0) is 12.1 Å². The molecule has 8 nitrogen and oxygen atoms in total. The molecule has 2 aromatic carbocycles. The Labute approximate surface area is 137 Å². The number of fused-ring (bicyclic) bond motifs is 1. The van der Waals surface area contributed by atoms with Crippen LogP contribution in [0.4, 0.5) is 0 Å². The summed E-state index contributed by atoms with van der Waals surface area (Å²) in [6.45, 7) is 0. The number of ether oxygens (including phenoxy) is 4. The van der Waals surface area contributed by atoms with Gasteiger partial charge >= 0.3 is 11.9 Å². The van der Waals surface area contributed by atoms with Crippen LogP contribution in [0.5, 0.6) is 23.0 Å². The minimum atomic E-state index is -0.886. The zero-order valence-corrected chi connectivity index (χ0v) is 13.5. The number of carbonyl (C=O) groups is 2. The summed E-state index contributed by atoms with van der Waals surface area (Å²) in [5, 5.41) is 20.7. The van der Waals surface area contributed by atoms with E-state index in [0.29, 0.717) is 0 Å². The Hall–Kier alpha value is -3.16. The fraction of sp³-hybridized carbons (Fsp3) is 0.250. The number of aromatic hydroxyl groups is 2. The van der Waals surface area contributed by atoms with Crippen molar-refractivity contribution >= 4 is 22.7 Å². The predicted octanol–water partition coefficient (Wildman–Crippen LogP) is 1.84. The monoisotopic (exact) mass is 336 g/mol. The van der Waals surface area contributed by atoms with Gasteiger partial charge in [0.05, 0.1) is 39.6 Å². The SMILES string of the molecule is COC(=O)c1cc(O)c2cc(OC)c(OC)c(O)c2c1C(=O)OC. The molecule has 0 amide bonds. The Balaban J connectivity index is 3.07. The number of carbonyl (C=O) groups excluding carboxylic acids is 2. The minimum absolute atomic E-state index is 0.0587. The first kappa shape index (κ1) is 17.2. The van der Waals surface area contributed by atoms with Crippen molar-refractivity contribution in [1.29, 1.82) is 0 Å². The van der Waals surface area contributed by atoms with Crippen LogP contribution in [0.15, 0.2) is 12.1 Å².